The molecule has 5 nitrogen and oxygen atoms in total. The number of piperidine rings is 1. The average Bonchev–Trinajstić information content (AvgIpc) is 3.17. The Morgan fingerprint density at radius 2 is 1.96 bits per heavy atom. The quantitative estimate of drug-likeness (QED) is 0.812. The standard InChI is InChI=1S/C22H28N2O3/c25-22(17-9-13-26-15-17)23-10-6-18(7-11-23)27-21-3-1-2-20-19(21)8-12-24(20)14-16-4-5-16/h1-3,8,12,16-18H,4-7,9-11,13-15H2. The van der Waals surface area contributed by atoms with Crippen LogP contribution in [0.15, 0.2) is 30.5 Å². The summed E-state index contributed by atoms with van der Waals surface area (Å²) >= 11 is 0. The highest BCUT2D eigenvalue weighted by molar-refractivity contribution is 5.86. The van der Waals surface area contributed by atoms with Crippen molar-refractivity contribution in [2.75, 3.05) is 26.3 Å². The van der Waals surface area contributed by atoms with E-state index < -0.39 is 0 Å². The van der Waals surface area contributed by atoms with Gasteiger partial charge in [-0.15, -0.1) is 0 Å². The average molecular weight is 368 g/mol. The number of likely N-dealkylation sites (tertiary alicyclic amines) is 1. The maximum absolute atomic E-state index is 12.5. The second-order valence-corrected chi connectivity index (χ2v) is 8.30. The number of ether oxygens (including phenoxy) is 2. The summed E-state index contributed by atoms with van der Waals surface area (Å²) in [5.74, 6) is 2.18. The molecule has 0 spiro atoms. The Morgan fingerprint density at radius 3 is 2.70 bits per heavy atom. The normalized spacial score (nSPS) is 23.9. The number of hydrogen-bond donors (Lipinski definition) is 0. The lowest BCUT2D eigenvalue weighted by Crippen LogP contribution is -2.44. The molecule has 1 saturated carbocycles. The highest BCUT2D eigenvalue weighted by Crippen LogP contribution is 2.34. The van der Waals surface area contributed by atoms with Crippen molar-refractivity contribution in [3.8, 4) is 5.75 Å². The van der Waals surface area contributed by atoms with E-state index in [1.54, 1.807) is 0 Å². The molecule has 0 N–H and O–H groups in total. The molecule has 0 bridgehead atoms. The largest absolute Gasteiger partial charge is 0.490 e. The Kier molecular flexibility index (Phi) is 4.56. The first-order valence-electron chi connectivity index (χ1n) is 10.4. The van der Waals surface area contributed by atoms with Gasteiger partial charge in [0.05, 0.1) is 18.0 Å². The van der Waals surface area contributed by atoms with Gasteiger partial charge in [-0.1, -0.05) is 6.07 Å². The molecule has 3 aliphatic rings. The number of carbonyl (C=O) groups excluding carboxylic acids is 1. The van der Waals surface area contributed by atoms with Crippen molar-refractivity contribution in [3.05, 3.63) is 30.5 Å². The van der Waals surface area contributed by atoms with Crippen LogP contribution in [-0.2, 0) is 16.1 Å². The summed E-state index contributed by atoms with van der Waals surface area (Å²) in [6.07, 6.45) is 7.78. The fourth-order valence-corrected chi connectivity index (χ4v) is 4.40. The minimum Gasteiger partial charge on any atom is -0.490 e. The summed E-state index contributed by atoms with van der Waals surface area (Å²) in [5, 5.41) is 1.21. The van der Waals surface area contributed by atoms with Crippen LogP contribution in [0.25, 0.3) is 10.9 Å². The van der Waals surface area contributed by atoms with Crippen molar-refractivity contribution in [1.82, 2.24) is 9.47 Å². The summed E-state index contributed by atoms with van der Waals surface area (Å²) in [7, 11) is 0. The summed E-state index contributed by atoms with van der Waals surface area (Å²) in [5.41, 5.74) is 1.27. The smallest absolute Gasteiger partial charge is 0.228 e. The third-order valence-corrected chi connectivity index (χ3v) is 6.25. The minimum atomic E-state index is 0.0717. The number of fused-ring (bicyclic) bond motifs is 1. The van der Waals surface area contributed by atoms with E-state index in [0.29, 0.717) is 6.61 Å². The first-order valence-corrected chi connectivity index (χ1v) is 10.4. The molecule has 5 rings (SSSR count). The maximum Gasteiger partial charge on any atom is 0.228 e. The topological polar surface area (TPSA) is 43.7 Å². The van der Waals surface area contributed by atoms with Crippen LogP contribution in [0.5, 0.6) is 5.75 Å². The number of rotatable bonds is 5. The molecule has 1 unspecified atom stereocenters. The van der Waals surface area contributed by atoms with Gasteiger partial charge in [0.2, 0.25) is 5.91 Å². The van der Waals surface area contributed by atoms with Crippen molar-refractivity contribution < 1.29 is 14.3 Å². The summed E-state index contributed by atoms with van der Waals surface area (Å²) < 4.78 is 14.1. The zero-order valence-corrected chi connectivity index (χ0v) is 15.8. The van der Waals surface area contributed by atoms with Crippen LogP contribution in [0.1, 0.15) is 32.1 Å². The lowest BCUT2D eigenvalue weighted by atomic mass is 10.0. The molecule has 1 aliphatic carbocycles. The van der Waals surface area contributed by atoms with Crippen molar-refractivity contribution in [2.45, 2.75) is 44.8 Å². The monoisotopic (exact) mass is 368 g/mol. The van der Waals surface area contributed by atoms with E-state index in [2.05, 4.69) is 35.0 Å². The molecule has 3 heterocycles. The van der Waals surface area contributed by atoms with Gasteiger partial charge in [-0.05, 0) is 43.4 Å². The van der Waals surface area contributed by atoms with Crippen LogP contribution in [0.2, 0.25) is 0 Å². The lowest BCUT2D eigenvalue weighted by molar-refractivity contribution is -0.137. The highest BCUT2D eigenvalue weighted by atomic mass is 16.5. The SMILES string of the molecule is O=C(C1CCOC1)N1CCC(Oc2cccc3c2ccn3CC2CC2)CC1. The second kappa shape index (κ2) is 7.19. The highest BCUT2D eigenvalue weighted by Gasteiger charge is 2.31. The van der Waals surface area contributed by atoms with E-state index >= 15 is 0 Å². The predicted molar refractivity (Wildman–Crippen MR) is 104 cm³/mol. The van der Waals surface area contributed by atoms with Crippen LogP contribution in [0.3, 0.4) is 0 Å². The van der Waals surface area contributed by atoms with E-state index in [-0.39, 0.29) is 17.9 Å². The van der Waals surface area contributed by atoms with Crippen molar-refractivity contribution >= 4 is 16.8 Å². The maximum atomic E-state index is 12.5. The van der Waals surface area contributed by atoms with Gasteiger partial charge in [-0.25, -0.2) is 0 Å². The number of amides is 1. The Balaban J connectivity index is 1.22. The Hall–Kier alpha value is -2.01. The third-order valence-electron chi connectivity index (χ3n) is 6.25. The van der Waals surface area contributed by atoms with Crippen LogP contribution >= 0.6 is 0 Å². The van der Waals surface area contributed by atoms with Crippen LogP contribution < -0.4 is 4.74 Å². The van der Waals surface area contributed by atoms with Gasteiger partial charge < -0.3 is 18.9 Å². The fourth-order valence-electron chi connectivity index (χ4n) is 4.40. The van der Waals surface area contributed by atoms with Crippen LogP contribution in [0, 0.1) is 11.8 Å². The number of hydrogen-bond acceptors (Lipinski definition) is 3. The van der Waals surface area contributed by atoms with Crippen molar-refractivity contribution in [3.63, 3.8) is 0 Å². The number of carbonyl (C=O) groups is 1. The second-order valence-electron chi connectivity index (χ2n) is 8.30. The van der Waals surface area contributed by atoms with Gasteiger partial charge in [0.15, 0.2) is 0 Å². The Bertz CT molecular complexity index is 812. The van der Waals surface area contributed by atoms with Gasteiger partial charge in [-0.2, -0.15) is 0 Å². The molecule has 1 aromatic carbocycles. The van der Waals surface area contributed by atoms with Crippen LogP contribution in [0.4, 0.5) is 0 Å². The van der Waals surface area contributed by atoms with E-state index in [1.165, 1.54) is 23.7 Å². The zero-order chi connectivity index (χ0) is 18.2. The molecular formula is C22H28N2O3. The number of nitrogens with zero attached hydrogens (tertiary/aromatic N) is 2. The Labute approximate surface area is 160 Å². The molecule has 1 amide bonds. The van der Waals surface area contributed by atoms with E-state index in [1.807, 2.05) is 4.90 Å². The van der Waals surface area contributed by atoms with Crippen LogP contribution in [-0.4, -0.2) is 47.8 Å². The summed E-state index contributed by atoms with van der Waals surface area (Å²) in [4.78, 5) is 14.5. The Morgan fingerprint density at radius 1 is 1.11 bits per heavy atom. The van der Waals surface area contributed by atoms with E-state index in [0.717, 1.165) is 57.2 Å². The van der Waals surface area contributed by atoms with Gasteiger partial charge in [0.25, 0.3) is 0 Å². The summed E-state index contributed by atoms with van der Waals surface area (Å²) in [6.45, 7) is 4.02. The van der Waals surface area contributed by atoms with E-state index in [4.69, 9.17) is 9.47 Å². The number of benzene rings is 1. The molecular weight excluding hydrogens is 340 g/mol. The molecule has 5 heteroatoms. The molecule has 27 heavy (non-hydrogen) atoms. The molecule has 144 valence electrons. The molecule has 2 saturated heterocycles. The lowest BCUT2D eigenvalue weighted by Gasteiger charge is -2.33. The first kappa shape index (κ1) is 17.1. The molecule has 0 radical (unpaired) electrons. The van der Waals surface area contributed by atoms with Crippen molar-refractivity contribution in [2.24, 2.45) is 11.8 Å². The summed E-state index contributed by atoms with van der Waals surface area (Å²) in [6, 6.07) is 8.55. The molecule has 2 aromatic rings. The van der Waals surface area contributed by atoms with E-state index in [9.17, 15) is 4.79 Å². The van der Waals surface area contributed by atoms with Gasteiger partial charge in [0.1, 0.15) is 11.9 Å². The molecule has 3 fully saturated rings. The minimum absolute atomic E-state index is 0.0717. The van der Waals surface area contributed by atoms with Gasteiger partial charge in [0, 0.05) is 50.7 Å². The molecule has 1 aromatic heterocycles. The third kappa shape index (κ3) is 3.57. The fraction of sp³-hybridized carbons (Fsp3) is 0.591. The predicted octanol–water partition coefficient (Wildman–Crippen LogP) is 3.46. The molecule has 1 atom stereocenters. The number of aromatic nitrogens is 1. The van der Waals surface area contributed by atoms with Gasteiger partial charge >= 0.3 is 0 Å². The zero-order valence-electron chi connectivity index (χ0n) is 15.8. The van der Waals surface area contributed by atoms with Gasteiger partial charge in [-0.3, -0.25) is 4.79 Å². The first-order chi connectivity index (χ1) is 13.3. The molecule has 2 aliphatic heterocycles. The van der Waals surface area contributed by atoms with Crippen molar-refractivity contribution in [1.29, 1.82) is 0 Å².